The molecule has 0 bridgehead atoms. The van der Waals surface area contributed by atoms with Crippen LogP contribution in [0.5, 0.6) is 0 Å². The van der Waals surface area contributed by atoms with Gasteiger partial charge in [-0.15, -0.1) is 5.92 Å². The maximum atomic E-state index is 13.8. The summed E-state index contributed by atoms with van der Waals surface area (Å²) in [5, 5.41) is 3.13. The lowest BCUT2D eigenvalue weighted by Crippen LogP contribution is -2.17. The molecule has 1 atom stereocenters. The van der Waals surface area contributed by atoms with E-state index in [0.29, 0.717) is 12.0 Å². The van der Waals surface area contributed by atoms with Gasteiger partial charge < -0.3 is 5.32 Å². The Balaban J connectivity index is 2.89. The van der Waals surface area contributed by atoms with Crippen LogP contribution in [0.1, 0.15) is 44.4 Å². The average molecular weight is 247 g/mol. The predicted octanol–water partition coefficient (Wildman–Crippen LogP) is 3.83. The monoisotopic (exact) mass is 247 g/mol. The molecule has 1 unspecified atom stereocenters. The number of hydrogen-bond acceptors (Lipinski definition) is 1. The van der Waals surface area contributed by atoms with Crippen molar-refractivity contribution in [2.75, 3.05) is 7.05 Å². The van der Waals surface area contributed by atoms with Gasteiger partial charge in [-0.25, -0.2) is 4.39 Å². The second-order valence-electron chi connectivity index (χ2n) is 5.62. The molecule has 1 N–H and O–H groups in total. The van der Waals surface area contributed by atoms with Crippen molar-refractivity contribution in [3.63, 3.8) is 0 Å². The molecule has 1 aromatic carbocycles. The van der Waals surface area contributed by atoms with Crippen molar-refractivity contribution in [1.29, 1.82) is 0 Å². The fourth-order valence-electron chi connectivity index (χ4n) is 1.72. The average Bonchev–Trinajstić information content (AvgIpc) is 2.27. The summed E-state index contributed by atoms with van der Waals surface area (Å²) in [6.07, 6.45) is 0.619. The van der Waals surface area contributed by atoms with Crippen LogP contribution in [-0.2, 0) is 0 Å². The minimum Gasteiger partial charge on any atom is -0.312 e. The molecule has 0 amide bonds. The predicted molar refractivity (Wildman–Crippen MR) is 74.8 cm³/mol. The standard InChI is InChI=1S/C16H22FN/c1-12-8-9-14(17)13(11-12)15(18-5)7-6-10-16(2,3)4/h8-9,11,15,18H,7H2,1-5H3. The number of nitrogens with one attached hydrogen (secondary N) is 1. The van der Waals surface area contributed by atoms with Gasteiger partial charge in [0.25, 0.3) is 0 Å². The van der Waals surface area contributed by atoms with E-state index >= 15 is 0 Å². The fourth-order valence-corrected chi connectivity index (χ4v) is 1.72. The van der Waals surface area contributed by atoms with Gasteiger partial charge in [0, 0.05) is 23.4 Å². The Morgan fingerprint density at radius 2 is 2.00 bits per heavy atom. The number of benzene rings is 1. The van der Waals surface area contributed by atoms with Crippen LogP contribution >= 0.6 is 0 Å². The van der Waals surface area contributed by atoms with Gasteiger partial charge in [0.1, 0.15) is 5.82 Å². The quantitative estimate of drug-likeness (QED) is 0.800. The van der Waals surface area contributed by atoms with Crippen molar-refractivity contribution in [1.82, 2.24) is 5.32 Å². The summed E-state index contributed by atoms with van der Waals surface area (Å²) in [5.41, 5.74) is 1.75. The molecular formula is C16H22FN. The first kappa shape index (κ1) is 14.7. The van der Waals surface area contributed by atoms with Crippen LogP contribution in [0.3, 0.4) is 0 Å². The Kier molecular flexibility index (Phi) is 4.93. The van der Waals surface area contributed by atoms with Crippen molar-refractivity contribution in [2.24, 2.45) is 5.41 Å². The summed E-state index contributed by atoms with van der Waals surface area (Å²) in [6, 6.07) is 5.13. The van der Waals surface area contributed by atoms with Crippen molar-refractivity contribution < 1.29 is 4.39 Å². The van der Waals surface area contributed by atoms with E-state index in [-0.39, 0.29) is 17.3 Å². The Labute approximate surface area is 110 Å². The topological polar surface area (TPSA) is 12.0 Å². The summed E-state index contributed by atoms with van der Waals surface area (Å²) < 4.78 is 13.8. The third-order valence-corrected chi connectivity index (χ3v) is 2.64. The summed E-state index contributed by atoms with van der Waals surface area (Å²) in [6.45, 7) is 8.18. The lowest BCUT2D eigenvalue weighted by molar-refractivity contribution is 0.540. The van der Waals surface area contributed by atoms with Crippen LogP contribution in [-0.4, -0.2) is 7.05 Å². The van der Waals surface area contributed by atoms with Crippen molar-refractivity contribution in [3.05, 3.63) is 35.1 Å². The maximum Gasteiger partial charge on any atom is 0.128 e. The van der Waals surface area contributed by atoms with Crippen LogP contribution in [0.4, 0.5) is 4.39 Å². The molecule has 1 nitrogen and oxygen atoms in total. The van der Waals surface area contributed by atoms with Crippen molar-refractivity contribution >= 4 is 0 Å². The van der Waals surface area contributed by atoms with Crippen LogP contribution in [0.25, 0.3) is 0 Å². The van der Waals surface area contributed by atoms with E-state index in [4.69, 9.17) is 0 Å². The van der Waals surface area contributed by atoms with Gasteiger partial charge in [0.05, 0.1) is 0 Å². The number of rotatable bonds is 3. The highest BCUT2D eigenvalue weighted by atomic mass is 19.1. The molecule has 98 valence electrons. The van der Waals surface area contributed by atoms with Crippen LogP contribution < -0.4 is 5.32 Å². The molecule has 0 heterocycles. The molecule has 0 aliphatic carbocycles. The molecule has 0 saturated carbocycles. The minimum absolute atomic E-state index is 0.0105. The van der Waals surface area contributed by atoms with Crippen LogP contribution in [0, 0.1) is 30.0 Å². The van der Waals surface area contributed by atoms with E-state index in [2.05, 4.69) is 37.9 Å². The molecule has 2 heteroatoms. The molecule has 0 fully saturated rings. The largest absolute Gasteiger partial charge is 0.312 e. The Bertz CT molecular complexity index is 460. The second kappa shape index (κ2) is 6.02. The number of halogens is 1. The Morgan fingerprint density at radius 3 is 2.56 bits per heavy atom. The number of aryl methyl sites for hydroxylation is 1. The molecule has 0 aliphatic heterocycles. The first-order valence-electron chi connectivity index (χ1n) is 6.27. The van der Waals surface area contributed by atoms with E-state index < -0.39 is 0 Å². The smallest absolute Gasteiger partial charge is 0.128 e. The van der Waals surface area contributed by atoms with E-state index in [1.807, 2.05) is 20.0 Å². The first-order chi connectivity index (χ1) is 8.33. The molecule has 0 aliphatic rings. The lowest BCUT2D eigenvalue weighted by Gasteiger charge is -2.15. The van der Waals surface area contributed by atoms with E-state index in [1.165, 1.54) is 6.07 Å². The molecule has 18 heavy (non-hydrogen) atoms. The summed E-state index contributed by atoms with van der Waals surface area (Å²) in [7, 11) is 1.84. The maximum absolute atomic E-state index is 13.8. The molecule has 0 aromatic heterocycles. The third-order valence-electron chi connectivity index (χ3n) is 2.64. The minimum atomic E-state index is -0.169. The van der Waals surface area contributed by atoms with E-state index in [9.17, 15) is 4.39 Å². The highest BCUT2D eigenvalue weighted by Gasteiger charge is 2.13. The van der Waals surface area contributed by atoms with Crippen LogP contribution in [0.2, 0.25) is 0 Å². The zero-order valence-corrected chi connectivity index (χ0v) is 11.9. The van der Waals surface area contributed by atoms with Gasteiger partial charge in [0.2, 0.25) is 0 Å². The molecule has 1 rings (SSSR count). The Morgan fingerprint density at radius 1 is 1.33 bits per heavy atom. The zero-order valence-electron chi connectivity index (χ0n) is 11.9. The lowest BCUT2D eigenvalue weighted by atomic mass is 9.96. The van der Waals surface area contributed by atoms with Gasteiger partial charge in [-0.3, -0.25) is 0 Å². The van der Waals surface area contributed by atoms with Gasteiger partial charge in [-0.2, -0.15) is 0 Å². The van der Waals surface area contributed by atoms with Crippen molar-refractivity contribution in [2.45, 2.75) is 40.2 Å². The first-order valence-corrected chi connectivity index (χ1v) is 6.27. The Hall–Kier alpha value is -1.33. The summed E-state index contributed by atoms with van der Waals surface area (Å²) >= 11 is 0. The molecule has 0 radical (unpaired) electrons. The summed E-state index contributed by atoms with van der Waals surface area (Å²) in [4.78, 5) is 0. The second-order valence-corrected chi connectivity index (χ2v) is 5.62. The molecular weight excluding hydrogens is 225 g/mol. The third kappa shape index (κ3) is 4.50. The van der Waals surface area contributed by atoms with Gasteiger partial charge in [0.15, 0.2) is 0 Å². The van der Waals surface area contributed by atoms with Crippen molar-refractivity contribution in [3.8, 4) is 11.8 Å². The molecule has 0 spiro atoms. The summed E-state index contributed by atoms with van der Waals surface area (Å²) in [5.74, 6) is 6.15. The highest BCUT2D eigenvalue weighted by molar-refractivity contribution is 5.28. The highest BCUT2D eigenvalue weighted by Crippen LogP contribution is 2.21. The molecule has 0 saturated heterocycles. The normalized spacial score (nSPS) is 12.8. The van der Waals surface area contributed by atoms with Gasteiger partial charge >= 0.3 is 0 Å². The van der Waals surface area contributed by atoms with Gasteiger partial charge in [-0.05, 0) is 40.8 Å². The van der Waals surface area contributed by atoms with Crippen LogP contribution in [0.15, 0.2) is 18.2 Å². The fraction of sp³-hybridized carbons (Fsp3) is 0.500. The SMILES string of the molecule is CNC(CC#CC(C)(C)C)c1cc(C)ccc1F. The molecule has 1 aromatic rings. The zero-order chi connectivity index (χ0) is 13.8. The number of hydrogen-bond donors (Lipinski definition) is 1. The van der Waals surface area contributed by atoms with E-state index in [1.54, 1.807) is 6.07 Å². The van der Waals surface area contributed by atoms with E-state index in [0.717, 1.165) is 5.56 Å². The van der Waals surface area contributed by atoms with Gasteiger partial charge in [-0.1, -0.05) is 23.6 Å².